The first-order valence-corrected chi connectivity index (χ1v) is 8.43. The van der Waals surface area contributed by atoms with Crippen LogP contribution in [0.5, 0.6) is 5.75 Å². The van der Waals surface area contributed by atoms with E-state index in [0.717, 1.165) is 18.1 Å². The van der Waals surface area contributed by atoms with E-state index in [1.807, 2.05) is 19.9 Å². The molecule has 7 nitrogen and oxygen atoms in total. The van der Waals surface area contributed by atoms with Crippen LogP contribution in [0.4, 0.5) is 11.8 Å². The highest BCUT2D eigenvalue weighted by Crippen LogP contribution is 2.15. The molecule has 2 rings (SSSR count). The number of anilines is 2. The van der Waals surface area contributed by atoms with Gasteiger partial charge in [-0.05, 0) is 38.1 Å². The number of hydrogen-bond acceptors (Lipinski definition) is 6. The van der Waals surface area contributed by atoms with Crippen LogP contribution in [0.15, 0.2) is 30.3 Å². The largest absolute Gasteiger partial charge is 0.484 e. The van der Waals surface area contributed by atoms with Crippen LogP contribution >= 0.6 is 11.6 Å². The fourth-order valence-corrected chi connectivity index (χ4v) is 2.15. The predicted molar refractivity (Wildman–Crippen MR) is 99.4 cm³/mol. The second-order valence-electron chi connectivity index (χ2n) is 5.27. The van der Waals surface area contributed by atoms with Crippen molar-refractivity contribution >= 4 is 29.3 Å². The number of hydrogen-bond donors (Lipinski definition) is 3. The summed E-state index contributed by atoms with van der Waals surface area (Å²) < 4.78 is 5.37. The average molecular weight is 364 g/mol. The molecule has 0 fully saturated rings. The Morgan fingerprint density at radius 3 is 2.64 bits per heavy atom. The van der Waals surface area contributed by atoms with E-state index in [-0.39, 0.29) is 12.5 Å². The fraction of sp³-hybridized carbons (Fsp3) is 0.353. The molecule has 0 aliphatic carbocycles. The van der Waals surface area contributed by atoms with Gasteiger partial charge in [0.2, 0.25) is 5.95 Å². The van der Waals surface area contributed by atoms with E-state index >= 15 is 0 Å². The Morgan fingerprint density at radius 1 is 1.16 bits per heavy atom. The molecule has 134 valence electrons. The molecular weight excluding hydrogens is 342 g/mol. The van der Waals surface area contributed by atoms with Crippen LogP contribution in [0.1, 0.15) is 12.6 Å². The van der Waals surface area contributed by atoms with Gasteiger partial charge in [0, 0.05) is 36.4 Å². The Balaban J connectivity index is 1.68. The van der Waals surface area contributed by atoms with Gasteiger partial charge in [-0.25, -0.2) is 4.98 Å². The zero-order valence-electron chi connectivity index (χ0n) is 14.3. The van der Waals surface area contributed by atoms with Crippen LogP contribution in [0.3, 0.4) is 0 Å². The summed E-state index contributed by atoms with van der Waals surface area (Å²) in [5.41, 5.74) is 0.869. The van der Waals surface area contributed by atoms with Gasteiger partial charge in [0.1, 0.15) is 11.6 Å². The monoisotopic (exact) mass is 363 g/mol. The lowest BCUT2D eigenvalue weighted by molar-refractivity contribution is -0.123. The molecule has 1 amide bonds. The first-order valence-electron chi connectivity index (χ1n) is 8.05. The average Bonchev–Trinajstić information content (AvgIpc) is 2.58. The van der Waals surface area contributed by atoms with Crippen molar-refractivity contribution in [2.75, 3.05) is 36.9 Å². The molecule has 25 heavy (non-hydrogen) atoms. The van der Waals surface area contributed by atoms with Crippen LogP contribution < -0.4 is 20.7 Å². The van der Waals surface area contributed by atoms with Crippen molar-refractivity contribution in [2.24, 2.45) is 0 Å². The van der Waals surface area contributed by atoms with Crippen LogP contribution in [0.25, 0.3) is 0 Å². The van der Waals surface area contributed by atoms with E-state index < -0.39 is 0 Å². The number of carbonyl (C=O) groups excluding carboxylic acids is 1. The molecule has 2 aromatic rings. The summed E-state index contributed by atoms with van der Waals surface area (Å²) in [5, 5.41) is 9.62. The van der Waals surface area contributed by atoms with E-state index in [0.29, 0.717) is 29.8 Å². The highest BCUT2D eigenvalue weighted by Gasteiger charge is 2.04. The highest BCUT2D eigenvalue weighted by molar-refractivity contribution is 6.30. The molecule has 0 aliphatic rings. The molecule has 0 radical (unpaired) electrons. The summed E-state index contributed by atoms with van der Waals surface area (Å²) in [6.07, 6.45) is 0. The third kappa shape index (κ3) is 6.84. The number of aromatic nitrogens is 2. The van der Waals surface area contributed by atoms with E-state index in [1.165, 1.54) is 0 Å². The number of carbonyl (C=O) groups is 1. The molecule has 1 aromatic heterocycles. The van der Waals surface area contributed by atoms with Crippen molar-refractivity contribution in [2.45, 2.75) is 13.8 Å². The lowest BCUT2D eigenvalue weighted by atomic mass is 10.3. The normalized spacial score (nSPS) is 10.2. The van der Waals surface area contributed by atoms with Gasteiger partial charge in [-0.15, -0.1) is 0 Å². The predicted octanol–water partition coefficient (Wildman–Crippen LogP) is 2.48. The number of nitrogens with zero attached hydrogens (tertiary/aromatic N) is 2. The van der Waals surface area contributed by atoms with E-state index in [4.69, 9.17) is 16.3 Å². The van der Waals surface area contributed by atoms with Crippen molar-refractivity contribution in [1.29, 1.82) is 0 Å². The molecule has 0 saturated carbocycles. The number of benzene rings is 1. The van der Waals surface area contributed by atoms with Crippen molar-refractivity contribution in [3.05, 3.63) is 41.0 Å². The third-order valence-electron chi connectivity index (χ3n) is 3.13. The maximum absolute atomic E-state index is 11.8. The van der Waals surface area contributed by atoms with Crippen LogP contribution in [0, 0.1) is 6.92 Å². The minimum absolute atomic E-state index is 0.0485. The Kier molecular flexibility index (Phi) is 7.28. The number of amides is 1. The fourth-order valence-electron chi connectivity index (χ4n) is 2.03. The second kappa shape index (κ2) is 9.68. The second-order valence-corrected chi connectivity index (χ2v) is 5.70. The number of aryl methyl sites for hydroxylation is 1. The number of halogens is 1. The Labute approximate surface area is 152 Å². The number of nitrogens with one attached hydrogen (secondary N) is 3. The molecule has 0 bridgehead atoms. The van der Waals surface area contributed by atoms with Crippen molar-refractivity contribution in [3.63, 3.8) is 0 Å². The molecule has 0 atom stereocenters. The van der Waals surface area contributed by atoms with Crippen molar-refractivity contribution in [1.82, 2.24) is 15.3 Å². The number of ether oxygens (including phenoxy) is 1. The molecule has 3 N–H and O–H groups in total. The van der Waals surface area contributed by atoms with Gasteiger partial charge in [0.25, 0.3) is 5.91 Å². The van der Waals surface area contributed by atoms with Crippen LogP contribution in [-0.2, 0) is 4.79 Å². The SMILES string of the molecule is CCNc1cc(C)nc(NCCNC(=O)COc2ccc(Cl)cc2)n1. The summed E-state index contributed by atoms with van der Waals surface area (Å²) in [6.45, 7) is 5.61. The van der Waals surface area contributed by atoms with E-state index in [1.54, 1.807) is 24.3 Å². The minimum Gasteiger partial charge on any atom is -0.484 e. The summed E-state index contributed by atoms with van der Waals surface area (Å²) >= 11 is 5.79. The maximum atomic E-state index is 11.8. The van der Waals surface area contributed by atoms with E-state index in [9.17, 15) is 4.79 Å². The molecule has 1 heterocycles. The topological polar surface area (TPSA) is 88.2 Å². The van der Waals surface area contributed by atoms with Gasteiger partial charge in [0.05, 0.1) is 0 Å². The Bertz CT molecular complexity index is 694. The van der Waals surface area contributed by atoms with Gasteiger partial charge in [-0.2, -0.15) is 4.98 Å². The minimum atomic E-state index is -0.199. The first kappa shape index (κ1) is 18.8. The molecule has 0 saturated heterocycles. The van der Waals surface area contributed by atoms with Gasteiger partial charge in [-0.1, -0.05) is 11.6 Å². The quantitative estimate of drug-likeness (QED) is 0.593. The van der Waals surface area contributed by atoms with Gasteiger partial charge in [0.15, 0.2) is 6.61 Å². The number of rotatable bonds is 9. The van der Waals surface area contributed by atoms with Crippen molar-refractivity contribution < 1.29 is 9.53 Å². The third-order valence-corrected chi connectivity index (χ3v) is 3.38. The molecule has 0 spiro atoms. The highest BCUT2D eigenvalue weighted by atomic mass is 35.5. The maximum Gasteiger partial charge on any atom is 0.258 e. The lowest BCUT2D eigenvalue weighted by Crippen LogP contribution is -2.32. The Hall–Kier alpha value is -2.54. The molecule has 0 aliphatic heterocycles. The zero-order chi connectivity index (χ0) is 18.1. The molecule has 1 aromatic carbocycles. The summed E-state index contributed by atoms with van der Waals surface area (Å²) in [4.78, 5) is 20.4. The lowest BCUT2D eigenvalue weighted by Gasteiger charge is -2.10. The zero-order valence-corrected chi connectivity index (χ0v) is 15.1. The standard InChI is InChI=1S/C17H22ClN5O2/c1-3-19-15-10-12(2)22-17(23-15)21-9-8-20-16(24)11-25-14-6-4-13(18)5-7-14/h4-7,10H,3,8-9,11H2,1-2H3,(H,20,24)(H2,19,21,22,23). The smallest absolute Gasteiger partial charge is 0.258 e. The summed E-state index contributed by atoms with van der Waals surface area (Å²) in [6, 6.07) is 8.73. The van der Waals surface area contributed by atoms with Crippen molar-refractivity contribution in [3.8, 4) is 5.75 Å². The molecular formula is C17H22ClN5O2. The Morgan fingerprint density at radius 2 is 1.92 bits per heavy atom. The van der Waals surface area contributed by atoms with E-state index in [2.05, 4.69) is 25.9 Å². The summed E-state index contributed by atoms with van der Waals surface area (Å²) in [5.74, 6) is 1.71. The summed E-state index contributed by atoms with van der Waals surface area (Å²) in [7, 11) is 0. The molecule has 0 unspecified atom stereocenters. The van der Waals surface area contributed by atoms with Gasteiger partial charge < -0.3 is 20.7 Å². The van der Waals surface area contributed by atoms with Gasteiger partial charge >= 0.3 is 0 Å². The van der Waals surface area contributed by atoms with Crippen LogP contribution in [-0.4, -0.2) is 42.1 Å². The van der Waals surface area contributed by atoms with Gasteiger partial charge in [-0.3, -0.25) is 4.79 Å². The van der Waals surface area contributed by atoms with Crippen LogP contribution in [0.2, 0.25) is 5.02 Å². The molecule has 8 heteroatoms. The first-order chi connectivity index (χ1) is 12.1.